The van der Waals surface area contributed by atoms with Crippen LogP contribution in [0.2, 0.25) is 0 Å². The molecule has 1 aliphatic heterocycles. The largest absolute Gasteiger partial charge is 0.291 e. The van der Waals surface area contributed by atoms with E-state index in [2.05, 4.69) is 18.9 Å². The maximum absolute atomic E-state index is 10.7. The molecule has 0 bridgehead atoms. The van der Waals surface area contributed by atoms with Crippen molar-refractivity contribution in [2.24, 2.45) is 5.10 Å². The molecule has 20 heavy (non-hydrogen) atoms. The molecular weight excluding hydrogens is 254 g/mol. The quantitative estimate of drug-likeness (QED) is 0.481. The molecule has 1 aliphatic rings. The molecule has 1 aromatic rings. The number of nitro groups is 1. The van der Waals surface area contributed by atoms with E-state index in [-0.39, 0.29) is 10.6 Å². The number of hydrazone groups is 1. The van der Waals surface area contributed by atoms with E-state index < -0.39 is 0 Å². The molecule has 1 heterocycles. The van der Waals surface area contributed by atoms with E-state index in [4.69, 9.17) is 5.10 Å². The molecule has 2 rings (SSSR count). The average molecular weight is 275 g/mol. The van der Waals surface area contributed by atoms with Crippen LogP contribution in [-0.2, 0) is 0 Å². The minimum atomic E-state index is -0.384. The summed E-state index contributed by atoms with van der Waals surface area (Å²) >= 11 is 0. The molecule has 0 saturated carbocycles. The monoisotopic (exact) mass is 275 g/mol. The number of hydrogen-bond acceptors (Lipinski definition) is 4. The van der Waals surface area contributed by atoms with E-state index in [9.17, 15) is 10.1 Å². The molecular formula is C15H21N3O2. The number of piperidine rings is 1. The van der Waals surface area contributed by atoms with Crippen molar-refractivity contribution in [3.05, 3.63) is 39.9 Å². The van der Waals surface area contributed by atoms with E-state index >= 15 is 0 Å². The molecule has 1 fully saturated rings. The standard InChI is InChI=1S/C15H21N3O2/c1-11-5-4-6-12(2)17(11)16-13(3)14-7-9-15(10-8-14)18(19)20/h7-12H,4-6H2,1-3H3. The van der Waals surface area contributed by atoms with Gasteiger partial charge in [-0.2, -0.15) is 5.10 Å². The predicted molar refractivity (Wildman–Crippen MR) is 79.9 cm³/mol. The van der Waals surface area contributed by atoms with Crippen molar-refractivity contribution in [2.75, 3.05) is 0 Å². The molecule has 2 atom stereocenters. The summed E-state index contributed by atoms with van der Waals surface area (Å²) in [6.07, 6.45) is 3.59. The van der Waals surface area contributed by atoms with Crippen molar-refractivity contribution in [3.8, 4) is 0 Å². The third-order valence-corrected chi connectivity index (χ3v) is 3.91. The summed E-state index contributed by atoms with van der Waals surface area (Å²) in [5.74, 6) is 0. The number of benzene rings is 1. The molecule has 0 aliphatic carbocycles. The Labute approximate surface area is 119 Å². The van der Waals surface area contributed by atoms with Crippen molar-refractivity contribution >= 4 is 11.4 Å². The molecule has 1 saturated heterocycles. The minimum Gasteiger partial charge on any atom is -0.291 e. The smallest absolute Gasteiger partial charge is 0.269 e. The Morgan fingerprint density at radius 2 is 1.80 bits per heavy atom. The van der Waals surface area contributed by atoms with Crippen LogP contribution in [0, 0.1) is 10.1 Å². The zero-order valence-electron chi connectivity index (χ0n) is 12.2. The summed E-state index contributed by atoms with van der Waals surface area (Å²) in [4.78, 5) is 10.3. The second-order valence-corrected chi connectivity index (χ2v) is 5.50. The van der Waals surface area contributed by atoms with Gasteiger partial charge in [-0.15, -0.1) is 0 Å². The Balaban J connectivity index is 2.18. The van der Waals surface area contributed by atoms with Gasteiger partial charge in [0, 0.05) is 24.2 Å². The molecule has 108 valence electrons. The lowest BCUT2D eigenvalue weighted by molar-refractivity contribution is -0.384. The highest BCUT2D eigenvalue weighted by atomic mass is 16.6. The van der Waals surface area contributed by atoms with Crippen LogP contribution in [0.5, 0.6) is 0 Å². The van der Waals surface area contributed by atoms with Gasteiger partial charge in [0.15, 0.2) is 0 Å². The van der Waals surface area contributed by atoms with E-state index in [1.54, 1.807) is 12.1 Å². The highest BCUT2D eigenvalue weighted by Gasteiger charge is 2.23. The van der Waals surface area contributed by atoms with Gasteiger partial charge in [-0.3, -0.25) is 15.1 Å². The SMILES string of the molecule is CC(=NN1C(C)CCCC1C)c1ccc([N+](=O)[O-])cc1. The summed E-state index contributed by atoms with van der Waals surface area (Å²) in [5.41, 5.74) is 1.95. The van der Waals surface area contributed by atoms with Crippen molar-refractivity contribution in [2.45, 2.75) is 52.1 Å². The van der Waals surface area contributed by atoms with Gasteiger partial charge in [-0.1, -0.05) is 0 Å². The van der Waals surface area contributed by atoms with Gasteiger partial charge in [0.05, 0.1) is 10.6 Å². The molecule has 5 heteroatoms. The maximum Gasteiger partial charge on any atom is 0.269 e. The zero-order valence-corrected chi connectivity index (χ0v) is 12.2. The van der Waals surface area contributed by atoms with Crippen molar-refractivity contribution in [3.63, 3.8) is 0 Å². The van der Waals surface area contributed by atoms with Gasteiger partial charge < -0.3 is 0 Å². The number of hydrogen-bond donors (Lipinski definition) is 0. The molecule has 0 spiro atoms. The lowest BCUT2D eigenvalue weighted by Gasteiger charge is -2.37. The Kier molecular flexibility index (Phi) is 4.37. The molecule has 2 unspecified atom stereocenters. The third-order valence-electron chi connectivity index (χ3n) is 3.91. The highest BCUT2D eigenvalue weighted by molar-refractivity contribution is 5.98. The van der Waals surface area contributed by atoms with Crippen LogP contribution in [0.4, 0.5) is 5.69 Å². The van der Waals surface area contributed by atoms with Gasteiger partial charge in [-0.25, -0.2) is 0 Å². The van der Waals surface area contributed by atoms with Crippen molar-refractivity contribution in [1.29, 1.82) is 0 Å². The minimum absolute atomic E-state index is 0.112. The fourth-order valence-electron chi connectivity index (χ4n) is 2.66. The first-order valence-electron chi connectivity index (χ1n) is 7.07. The van der Waals surface area contributed by atoms with Gasteiger partial charge in [0.25, 0.3) is 5.69 Å². The van der Waals surface area contributed by atoms with Crippen LogP contribution < -0.4 is 0 Å². The number of non-ortho nitro benzene ring substituents is 1. The van der Waals surface area contributed by atoms with Crippen LogP contribution in [-0.4, -0.2) is 27.7 Å². The number of nitro benzene ring substituents is 1. The van der Waals surface area contributed by atoms with E-state index in [1.807, 2.05) is 6.92 Å². The van der Waals surface area contributed by atoms with Gasteiger partial charge >= 0.3 is 0 Å². The van der Waals surface area contributed by atoms with E-state index in [1.165, 1.54) is 31.4 Å². The average Bonchev–Trinajstić information content (AvgIpc) is 2.43. The second kappa shape index (κ2) is 6.03. The number of nitrogens with zero attached hydrogens (tertiary/aromatic N) is 3. The van der Waals surface area contributed by atoms with Crippen LogP contribution >= 0.6 is 0 Å². The molecule has 0 radical (unpaired) electrons. The van der Waals surface area contributed by atoms with Gasteiger partial charge in [-0.05, 0) is 57.7 Å². The third kappa shape index (κ3) is 3.15. The topological polar surface area (TPSA) is 58.7 Å². The summed E-state index contributed by atoms with van der Waals surface area (Å²) < 4.78 is 0. The number of rotatable bonds is 3. The highest BCUT2D eigenvalue weighted by Crippen LogP contribution is 2.23. The van der Waals surface area contributed by atoms with E-state index in [0.29, 0.717) is 12.1 Å². The Hall–Kier alpha value is -1.91. The normalized spacial score (nSPS) is 23.8. The Bertz CT molecular complexity index is 500. The second-order valence-electron chi connectivity index (χ2n) is 5.50. The lowest BCUT2D eigenvalue weighted by atomic mass is 10.00. The fourth-order valence-corrected chi connectivity index (χ4v) is 2.66. The fraction of sp³-hybridized carbons (Fsp3) is 0.533. The maximum atomic E-state index is 10.7. The lowest BCUT2D eigenvalue weighted by Crippen LogP contribution is -2.40. The molecule has 0 amide bonds. The van der Waals surface area contributed by atoms with Crippen LogP contribution in [0.1, 0.15) is 45.6 Å². The van der Waals surface area contributed by atoms with E-state index in [0.717, 1.165) is 11.3 Å². The Morgan fingerprint density at radius 1 is 1.25 bits per heavy atom. The van der Waals surface area contributed by atoms with Gasteiger partial charge in [0.2, 0.25) is 0 Å². The Morgan fingerprint density at radius 3 is 2.30 bits per heavy atom. The van der Waals surface area contributed by atoms with Crippen molar-refractivity contribution in [1.82, 2.24) is 5.01 Å². The summed E-state index contributed by atoms with van der Waals surface area (Å²) in [5, 5.41) is 17.5. The predicted octanol–water partition coefficient (Wildman–Crippen LogP) is 3.58. The van der Waals surface area contributed by atoms with Crippen LogP contribution in [0.3, 0.4) is 0 Å². The molecule has 5 nitrogen and oxygen atoms in total. The first-order valence-corrected chi connectivity index (χ1v) is 7.07. The van der Waals surface area contributed by atoms with Gasteiger partial charge in [0.1, 0.15) is 0 Å². The van der Waals surface area contributed by atoms with Crippen molar-refractivity contribution < 1.29 is 4.92 Å². The van der Waals surface area contributed by atoms with Crippen LogP contribution in [0.25, 0.3) is 0 Å². The first-order chi connectivity index (χ1) is 9.49. The molecule has 0 aromatic heterocycles. The first kappa shape index (κ1) is 14.5. The molecule has 0 N–H and O–H groups in total. The zero-order chi connectivity index (χ0) is 14.7. The van der Waals surface area contributed by atoms with Crippen LogP contribution in [0.15, 0.2) is 29.4 Å². The molecule has 1 aromatic carbocycles. The summed E-state index contributed by atoms with van der Waals surface area (Å²) in [6.45, 7) is 6.35. The summed E-state index contributed by atoms with van der Waals surface area (Å²) in [7, 11) is 0. The summed E-state index contributed by atoms with van der Waals surface area (Å²) in [6, 6.07) is 7.47.